The molecule has 0 N–H and O–H groups in total. The van der Waals surface area contributed by atoms with Gasteiger partial charge in [0.05, 0.1) is 0 Å². The van der Waals surface area contributed by atoms with Crippen molar-refractivity contribution in [2.45, 2.75) is 26.2 Å². The van der Waals surface area contributed by atoms with Crippen LogP contribution in [0.15, 0.2) is 42.7 Å². The van der Waals surface area contributed by atoms with Gasteiger partial charge >= 0.3 is 0 Å². The van der Waals surface area contributed by atoms with Crippen molar-refractivity contribution in [3.05, 3.63) is 59.7 Å². The van der Waals surface area contributed by atoms with E-state index in [2.05, 4.69) is 42.0 Å². The van der Waals surface area contributed by atoms with Gasteiger partial charge in [-0.05, 0) is 30.2 Å². The minimum Gasteiger partial charge on any atom is -0.261 e. The van der Waals surface area contributed by atoms with Crippen molar-refractivity contribution in [3.8, 4) is 0 Å². The maximum absolute atomic E-state index is 4.42. The van der Waals surface area contributed by atoms with Crippen LogP contribution in [0.3, 0.4) is 0 Å². The fourth-order valence-corrected chi connectivity index (χ4v) is 1.70. The van der Waals surface area contributed by atoms with Crippen LogP contribution in [-0.2, 0) is 6.42 Å². The average molecular weight is 212 g/mol. The van der Waals surface area contributed by atoms with Gasteiger partial charge in [-0.3, -0.25) is 9.97 Å². The van der Waals surface area contributed by atoms with Gasteiger partial charge in [0.1, 0.15) is 0 Å². The first-order valence-electron chi connectivity index (χ1n) is 5.67. The fraction of sp³-hybridized carbons (Fsp3) is 0.286. The highest BCUT2D eigenvalue weighted by Gasteiger charge is 2.09. The Morgan fingerprint density at radius 1 is 1.12 bits per heavy atom. The number of nitrogens with zero attached hydrogens (tertiary/aromatic N) is 2. The van der Waals surface area contributed by atoms with Crippen molar-refractivity contribution in [2.24, 2.45) is 0 Å². The first kappa shape index (κ1) is 10.8. The van der Waals surface area contributed by atoms with Crippen LogP contribution in [0.25, 0.3) is 0 Å². The van der Waals surface area contributed by atoms with E-state index >= 15 is 0 Å². The second-order valence-electron chi connectivity index (χ2n) is 3.91. The van der Waals surface area contributed by atoms with Crippen LogP contribution >= 0.6 is 0 Å². The highest BCUT2D eigenvalue weighted by Crippen LogP contribution is 2.21. The van der Waals surface area contributed by atoms with Crippen LogP contribution in [0, 0.1) is 0 Å². The van der Waals surface area contributed by atoms with Crippen LogP contribution < -0.4 is 0 Å². The van der Waals surface area contributed by atoms with E-state index in [4.69, 9.17) is 0 Å². The lowest BCUT2D eigenvalue weighted by atomic mass is 9.98. The van der Waals surface area contributed by atoms with Crippen LogP contribution in [0.5, 0.6) is 0 Å². The SMILES string of the molecule is CCc1ccc(C(C)c2ccccn2)cn1. The largest absolute Gasteiger partial charge is 0.261 e. The summed E-state index contributed by atoms with van der Waals surface area (Å²) < 4.78 is 0. The predicted octanol–water partition coefficient (Wildman–Crippen LogP) is 3.19. The van der Waals surface area contributed by atoms with Gasteiger partial charge in [-0.15, -0.1) is 0 Å². The molecule has 0 aliphatic carbocycles. The third kappa shape index (κ3) is 2.27. The number of pyridine rings is 2. The Labute approximate surface area is 96.4 Å². The lowest BCUT2D eigenvalue weighted by Gasteiger charge is -2.10. The number of hydrogen-bond donors (Lipinski definition) is 0. The molecule has 1 unspecified atom stereocenters. The van der Waals surface area contributed by atoms with Crippen molar-refractivity contribution in [3.63, 3.8) is 0 Å². The molecule has 0 saturated heterocycles. The molecular formula is C14H16N2. The average Bonchev–Trinajstić information content (AvgIpc) is 2.39. The van der Waals surface area contributed by atoms with E-state index in [0.29, 0.717) is 5.92 Å². The minimum atomic E-state index is 0.305. The molecule has 0 amide bonds. The molecule has 2 aromatic rings. The molecule has 82 valence electrons. The summed E-state index contributed by atoms with van der Waals surface area (Å²) in [7, 11) is 0. The van der Waals surface area contributed by atoms with E-state index in [-0.39, 0.29) is 0 Å². The zero-order valence-corrected chi connectivity index (χ0v) is 9.72. The lowest BCUT2D eigenvalue weighted by molar-refractivity contribution is 0.857. The van der Waals surface area contributed by atoms with E-state index in [0.717, 1.165) is 17.8 Å². The third-order valence-electron chi connectivity index (χ3n) is 2.84. The molecular weight excluding hydrogens is 196 g/mol. The van der Waals surface area contributed by atoms with Crippen LogP contribution in [0.1, 0.15) is 36.7 Å². The quantitative estimate of drug-likeness (QED) is 0.780. The zero-order valence-electron chi connectivity index (χ0n) is 9.72. The summed E-state index contributed by atoms with van der Waals surface area (Å²) in [6.07, 6.45) is 4.77. The van der Waals surface area contributed by atoms with E-state index in [1.54, 1.807) is 0 Å². The highest BCUT2D eigenvalue weighted by molar-refractivity contribution is 5.26. The smallest absolute Gasteiger partial charge is 0.0476 e. The van der Waals surface area contributed by atoms with Gasteiger partial charge in [-0.2, -0.15) is 0 Å². The van der Waals surface area contributed by atoms with Crippen LogP contribution in [0.2, 0.25) is 0 Å². The van der Waals surface area contributed by atoms with Crippen LogP contribution in [0.4, 0.5) is 0 Å². The molecule has 0 spiro atoms. The number of hydrogen-bond acceptors (Lipinski definition) is 2. The van der Waals surface area contributed by atoms with Gasteiger partial charge in [-0.1, -0.05) is 26.0 Å². The van der Waals surface area contributed by atoms with E-state index < -0.39 is 0 Å². The summed E-state index contributed by atoms with van der Waals surface area (Å²) in [6.45, 7) is 4.27. The van der Waals surface area contributed by atoms with E-state index in [1.165, 1.54) is 5.56 Å². The predicted molar refractivity (Wildman–Crippen MR) is 65.4 cm³/mol. The Bertz CT molecular complexity index is 434. The molecule has 1 atom stereocenters. The molecule has 2 aromatic heterocycles. The van der Waals surface area contributed by atoms with Gasteiger partial charge in [0, 0.05) is 29.7 Å². The molecule has 2 heteroatoms. The topological polar surface area (TPSA) is 25.8 Å². The molecule has 2 rings (SSSR count). The van der Waals surface area contributed by atoms with Gasteiger partial charge in [0.25, 0.3) is 0 Å². The van der Waals surface area contributed by atoms with Crippen molar-refractivity contribution in [1.82, 2.24) is 9.97 Å². The monoisotopic (exact) mass is 212 g/mol. The summed E-state index contributed by atoms with van der Waals surface area (Å²) in [5, 5.41) is 0. The summed E-state index contributed by atoms with van der Waals surface area (Å²) >= 11 is 0. The second kappa shape index (κ2) is 4.88. The molecule has 2 nitrogen and oxygen atoms in total. The molecule has 0 radical (unpaired) electrons. The Morgan fingerprint density at radius 3 is 2.56 bits per heavy atom. The first-order chi connectivity index (χ1) is 7.81. The molecule has 0 bridgehead atoms. The third-order valence-corrected chi connectivity index (χ3v) is 2.84. The maximum Gasteiger partial charge on any atom is 0.0476 e. The van der Waals surface area contributed by atoms with E-state index in [9.17, 15) is 0 Å². The summed E-state index contributed by atoms with van der Waals surface area (Å²) in [5.41, 5.74) is 3.45. The highest BCUT2D eigenvalue weighted by atomic mass is 14.7. The normalized spacial score (nSPS) is 12.4. The lowest BCUT2D eigenvalue weighted by Crippen LogP contribution is -1.99. The Balaban J connectivity index is 2.24. The first-order valence-corrected chi connectivity index (χ1v) is 5.67. The van der Waals surface area contributed by atoms with Gasteiger partial charge in [-0.25, -0.2) is 0 Å². The second-order valence-corrected chi connectivity index (χ2v) is 3.91. The minimum absolute atomic E-state index is 0.305. The van der Waals surface area contributed by atoms with Crippen molar-refractivity contribution < 1.29 is 0 Å². The molecule has 0 aromatic carbocycles. The van der Waals surface area contributed by atoms with Gasteiger partial charge in [0.2, 0.25) is 0 Å². The Hall–Kier alpha value is -1.70. The molecule has 16 heavy (non-hydrogen) atoms. The van der Waals surface area contributed by atoms with Gasteiger partial charge < -0.3 is 0 Å². The number of rotatable bonds is 3. The zero-order chi connectivity index (χ0) is 11.4. The molecule has 0 saturated carbocycles. The summed E-state index contributed by atoms with van der Waals surface area (Å²) in [5.74, 6) is 0.305. The molecule has 0 fully saturated rings. The Morgan fingerprint density at radius 2 is 2.00 bits per heavy atom. The standard InChI is InChI=1S/C14H16N2/c1-3-13-8-7-12(10-16-13)11(2)14-6-4-5-9-15-14/h4-11H,3H2,1-2H3. The van der Waals surface area contributed by atoms with Gasteiger partial charge in [0.15, 0.2) is 0 Å². The summed E-state index contributed by atoms with van der Waals surface area (Å²) in [6, 6.07) is 10.2. The summed E-state index contributed by atoms with van der Waals surface area (Å²) in [4.78, 5) is 8.79. The Kier molecular flexibility index (Phi) is 3.30. The number of aromatic nitrogens is 2. The van der Waals surface area contributed by atoms with Crippen molar-refractivity contribution in [1.29, 1.82) is 0 Å². The molecule has 0 aliphatic rings. The number of aryl methyl sites for hydroxylation is 1. The molecule has 2 heterocycles. The fourth-order valence-electron chi connectivity index (χ4n) is 1.70. The molecule has 0 aliphatic heterocycles. The maximum atomic E-state index is 4.42. The van der Waals surface area contributed by atoms with Crippen molar-refractivity contribution in [2.75, 3.05) is 0 Å². The van der Waals surface area contributed by atoms with Crippen molar-refractivity contribution >= 4 is 0 Å². The van der Waals surface area contributed by atoms with Crippen LogP contribution in [-0.4, -0.2) is 9.97 Å². The van der Waals surface area contributed by atoms with E-state index in [1.807, 2.05) is 24.5 Å².